The SMILES string of the molecule is COC(=O)CCCCCCCO[C@@H]1O[C@H](COC(C)=O)[C@@H](OC(C)=O)[C@H](OC(C)=O)[C@@H]1OC(C)=O. The summed E-state index contributed by atoms with van der Waals surface area (Å²) in [4.78, 5) is 57.8. The first-order chi connectivity index (χ1) is 16.5. The molecule has 0 amide bonds. The minimum Gasteiger partial charge on any atom is -0.469 e. The van der Waals surface area contributed by atoms with Crippen molar-refractivity contribution in [3.8, 4) is 0 Å². The Morgan fingerprint density at radius 3 is 1.80 bits per heavy atom. The maximum absolute atomic E-state index is 11.8. The van der Waals surface area contributed by atoms with Crippen molar-refractivity contribution in [2.75, 3.05) is 20.3 Å². The van der Waals surface area contributed by atoms with Gasteiger partial charge in [0.25, 0.3) is 0 Å². The highest BCUT2D eigenvalue weighted by Crippen LogP contribution is 2.30. The summed E-state index contributed by atoms with van der Waals surface area (Å²) >= 11 is 0. The second-order valence-corrected chi connectivity index (χ2v) is 8.03. The van der Waals surface area contributed by atoms with Crippen LogP contribution in [0.25, 0.3) is 0 Å². The van der Waals surface area contributed by atoms with Crippen molar-refractivity contribution in [2.24, 2.45) is 0 Å². The molecular weight excluding hydrogens is 468 g/mol. The quantitative estimate of drug-likeness (QED) is 0.192. The lowest BCUT2D eigenvalue weighted by Crippen LogP contribution is -2.63. The number of rotatable bonds is 14. The molecule has 200 valence electrons. The Balaban J connectivity index is 2.87. The highest BCUT2D eigenvalue weighted by Gasteiger charge is 2.52. The van der Waals surface area contributed by atoms with E-state index in [1.807, 2.05) is 0 Å². The molecule has 1 rings (SSSR count). The number of ether oxygens (including phenoxy) is 7. The highest BCUT2D eigenvalue weighted by atomic mass is 16.7. The summed E-state index contributed by atoms with van der Waals surface area (Å²) in [7, 11) is 1.35. The predicted octanol–water partition coefficient (Wildman–Crippen LogP) is 1.60. The monoisotopic (exact) mass is 504 g/mol. The summed E-state index contributed by atoms with van der Waals surface area (Å²) in [6.45, 7) is 4.60. The molecule has 0 spiro atoms. The van der Waals surface area contributed by atoms with Crippen molar-refractivity contribution < 1.29 is 57.1 Å². The highest BCUT2D eigenvalue weighted by molar-refractivity contribution is 5.69. The van der Waals surface area contributed by atoms with Gasteiger partial charge in [-0.1, -0.05) is 19.3 Å². The number of methoxy groups -OCH3 is 1. The zero-order chi connectivity index (χ0) is 26.4. The molecule has 0 aromatic rings. The van der Waals surface area contributed by atoms with Gasteiger partial charge in [-0.25, -0.2) is 0 Å². The van der Waals surface area contributed by atoms with E-state index in [-0.39, 0.29) is 19.2 Å². The first-order valence-electron chi connectivity index (χ1n) is 11.5. The third-order valence-corrected chi connectivity index (χ3v) is 4.98. The second-order valence-electron chi connectivity index (χ2n) is 8.03. The van der Waals surface area contributed by atoms with Crippen LogP contribution in [-0.2, 0) is 57.1 Å². The first kappa shape index (κ1) is 30.3. The van der Waals surface area contributed by atoms with E-state index in [0.717, 1.165) is 39.5 Å². The molecule has 0 unspecified atom stereocenters. The summed E-state index contributed by atoms with van der Waals surface area (Å²) in [6, 6.07) is 0. The maximum atomic E-state index is 11.8. The van der Waals surface area contributed by atoms with Crippen molar-refractivity contribution in [3.63, 3.8) is 0 Å². The summed E-state index contributed by atoms with van der Waals surface area (Å²) in [5.41, 5.74) is 0. The molecule has 0 bridgehead atoms. The van der Waals surface area contributed by atoms with Crippen molar-refractivity contribution in [2.45, 2.75) is 96.9 Å². The Morgan fingerprint density at radius 2 is 1.23 bits per heavy atom. The van der Waals surface area contributed by atoms with Gasteiger partial charge in [0.2, 0.25) is 0 Å². The fraction of sp³-hybridized carbons (Fsp3) is 0.783. The normalized spacial score (nSPS) is 23.6. The van der Waals surface area contributed by atoms with E-state index < -0.39 is 54.6 Å². The van der Waals surface area contributed by atoms with Gasteiger partial charge >= 0.3 is 29.8 Å². The van der Waals surface area contributed by atoms with Crippen LogP contribution in [0.5, 0.6) is 0 Å². The zero-order valence-electron chi connectivity index (χ0n) is 20.9. The van der Waals surface area contributed by atoms with Gasteiger partial charge in [0.05, 0.1) is 7.11 Å². The fourth-order valence-electron chi connectivity index (χ4n) is 3.53. The molecule has 1 fully saturated rings. The molecule has 35 heavy (non-hydrogen) atoms. The number of hydrogen-bond acceptors (Lipinski definition) is 12. The molecule has 0 N–H and O–H groups in total. The fourth-order valence-corrected chi connectivity index (χ4v) is 3.53. The van der Waals surface area contributed by atoms with Crippen LogP contribution in [0, 0.1) is 0 Å². The average Bonchev–Trinajstić information content (AvgIpc) is 2.76. The molecule has 0 aromatic carbocycles. The third-order valence-electron chi connectivity index (χ3n) is 4.98. The molecule has 0 aliphatic carbocycles. The summed E-state index contributed by atoms with van der Waals surface area (Å²) in [6.07, 6.45) is -1.62. The molecule has 0 aromatic heterocycles. The van der Waals surface area contributed by atoms with E-state index in [9.17, 15) is 24.0 Å². The Kier molecular flexibility index (Phi) is 13.9. The van der Waals surface area contributed by atoms with Crippen LogP contribution in [-0.4, -0.2) is 80.9 Å². The smallest absolute Gasteiger partial charge is 0.305 e. The van der Waals surface area contributed by atoms with Crippen molar-refractivity contribution >= 4 is 29.8 Å². The molecule has 1 saturated heterocycles. The van der Waals surface area contributed by atoms with Crippen LogP contribution in [0.15, 0.2) is 0 Å². The lowest BCUT2D eigenvalue weighted by Gasteiger charge is -2.44. The summed E-state index contributed by atoms with van der Waals surface area (Å²) < 4.78 is 37.3. The summed E-state index contributed by atoms with van der Waals surface area (Å²) in [5, 5.41) is 0. The van der Waals surface area contributed by atoms with E-state index in [0.29, 0.717) is 12.8 Å². The molecule has 1 aliphatic rings. The number of unbranched alkanes of at least 4 members (excludes halogenated alkanes) is 4. The van der Waals surface area contributed by atoms with Crippen molar-refractivity contribution in [3.05, 3.63) is 0 Å². The maximum Gasteiger partial charge on any atom is 0.305 e. The predicted molar refractivity (Wildman–Crippen MR) is 118 cm³/mol. The molecule has 0 saturated carbocycles. The molecule has 0 radical (unpaired) electrons. The summed E-state index contributed by atoms with van der Waals surface area (Å²) in [5.74, 6) is -2.92. The molecule has 12 nitrogen and oxygen atoms in total. The van der Waals surface area contributed by atoms with Gasteiger partial charge < -0.3 is 33.2 Å². The lowest BCUT2D eigenvalue weighted by molar-refractivity contribution is -0.308. The van der Waals surface area contributed by atoms with E-state index in [1.165, 1.54) is 21.0 Å². The van der Waals surface area contributed by atoms with Crippen LogP contribution in [0.3, 0.4) is 0 Å². The number of esters is 5. The molecule has 1 aliphatic heterocycles. The Morgan fingerprint density at radius 1 is 0.686 bits per heavy atom. The van der Waals surface area contributed by atoms with Crippen LogP contribution in [0.1, 0.15) is 66.2 Å². The minimum absolute atomic E-state index is 0.227. The Labute approximate surface area is 204 Å². The van der Waals surface area contributed by atoms with Gasteiger partial charge in [0.1, 0.15) is 12.7 Å². The Bertz CT molecular complexity index is 721. The standard InChI is InChI=1S/C23H36O12/c1-14(24)31-13-18-20(32-15(2)25)21(33-16(3)26)22(34-17(4)27)23(35-18)30-12-10-8-6-7-9-11-19(28)29-5/h18,20-23H,6-13H2,1-5H3/t18-,20-,21+,22+,23-/m1/s1. The Hall–Kier alpha value is -2.73. The average molecular weight is 505 g/mol. The topological polar surface area (TPSA) is 150 Å². The second kappa shape index (κ2) is 16.0. The minimum atomic E-state index is -1.25. The molecule has 5 atom stereocenters. The first-order valence-corrected chi connectivity index (χ1v) is 11.5. The molecule has 1 heterocycles. The number of carbonyl (C=O) groups is 5. The van der Waals surface area contributed by atoms with Gasteiger partial charge in [-0.3, -0.25) is 24.0 Å². The third kappa shape index (κ3) is 12.0. The number of hydrogen-bond donors (Lipinski definition) is 0. The van der Waals surface area contributed by atoms with Gasteiger partial charge in [0, 0.05) is 40.7 Å². The number of carbonyl (C=O) groups excluding carboxylic acids is 5. The van der Waals surface area contributed by atoms with Crippen LogP contribution >= 0.6 is 0 Å². The van der Waals surface area contributed by atoms with Crippen LogP contribution in [0.4, 0.5) is 0 Å². The van der Waals surface area contributed by atoms with Crippen LogP contribution < -0.4 is 0 Å². The van der Waals surface area contributed by atoms with Crippen LogP contribution in [0.2, 0.25) is 0 Å². The van der Waals surface area contributed by atoms with E-state index >= 15 is 0 Å². The lowest BCUT2D eigenvalue weighted by atomic mass is 9.98. The van der Waals surface area contributed by atoms with E-state index in [2.05, 4.69) is 4.74 Å². The van der Waals surface area contributed by atoms with Gasteiger partial charge in [-0.05, 0) is 12.8 Å². The van der Waals surface area contributed by atoms with Crippen molar-refractivity contribution in [1.82, 2.24) is 0 Å². The van der Waals surface area contributed by atoms with Gasteiger partial charge in [-0.15, -0.1) is 0 Å². The van der Waals surface area contributed by atoms with E-state index in [1.54, 1.807) is 0 Å². The molecule has 12 heteroatoms. The molecular formula is C23H36O12. The zero-order valence-corrected chi connectivity index (χ0v) is 20.9. The van der Waals surface area contributed by atoms with E-state index in [4.69, 9.17) is 28.4 Å². The van der Waals surface area contributed by atoms with Gasteiger partial charge in [0.15, 0.2) is 24.6 Å². The van der Waals surface area contributed by atoms with Crippen molar-refractivity contribution in [1.29, 1.82) is 0 Å². The van der Waals surface area contributed by atoms with Gasteiger partial charge in [-0.2, -0.15) is 0 Å². The largest absolute Gasteiger partial charge is 0.469 e.